The lowest BCUT2D eigenvalue weighted by atomic mass is 10.0. The van der Waals surface area contributed by atoms with Gasteiger partial charge in [-0.2, -0.15) is 4.73 Å². The summed E-state index contributed by atoms with van der Waals surface area (Å²) in [5.41, 5.74) is 1.73. The standard InChI is InChI=1S/C9H7NO2/c11-10-5-1-2-6-7(10)3-4-8-9(6)12-8/h1-5,8-9H/t8-,9+/m1/s1. The van der Waals surface area contributed by atoms with Gasteiger partial charge in [-0.15, -0.1) is 0 Å². The van der Waals surface area contributed by atoms with Crippen molar-refractivity contribution < 1.29 is 9.47 Å². The van der Waals surface area contributed by atoms with Crippen molar-refractivity contribution in [3.8, 4) is 0 Å². The molecule has 0 spiro atoms. The molecule has 0 amide bonds. The molecule has 0 aromatic carbocycles. The summed E-state index contributed by atoms with van der Waals surface area (Å²) >= 11 is 0. The van der Waals surface area contributed by atoms with E-state index in [1.165, 1.54) is 6.20 Å². The first-order chi connectivity index (χ1) is 5.86. The van der Waals surface area contributed by atoms with E-state index in [0.29, 0.717) is 0 Å². The molecule has 1 aliphatic heterocycles. The second kappa shape index (κ2) is 1.87. The van der Waals surface area contributed by atoms with E-state index in [1.807, 2.05) is 18.2 Å². The Labute approximate surface area is 69.5 Å². The van der Waals surface area contributed by atoms with Gasteiger partial charge in [0.2, 0.25) is 5.69 Å². The average molecular weight is 161 g/mol. The number of hydrogen-bond acceptors (Lipinski definition) is 2. The van der Waals surface area contributed by atoms with Crippen molar-refractivity contribution in [3.63, 3.8) is 0 Å². The minimum absolute atomic E-state index is 0.145. The summed E-state index contributed by atoms with van der Waals surface area (Å²) in [4.78, 5) is 0. The lowest BCUT2D eigenvalue weighted by Crippen LogP contribution is -2.31. The number of aromatic nitrogens is 1. The van der Waals surface area contributed by atoms with Crippen LogP contribution in [0.2, 0.25) is 0 Å². The van der Waals surface area contributed by atoms with Crippen LogP contribution in [0.25, 0.3) is 6.08 Å². The van der Waals surface area contributed by atoms with Crippen LogP contribution >= 0.6 is 0 Å². The maximum Gasteiger partial charge on any atom is 0.222 e. The van der Waals surface area contributed by atoms with Crippen LogP contribution in [-0.4, -0.2) is 6.10 Å². The quantitative estimate of drug-likeness (QED) is 0.320. The van der Waals surface area contributed by atoms with Crippen molar-refractivity contribution in [2.75, 3.05) is 0 Å². The van der Waals surface area contributed by atoms with Gasteiger partial charge in [0, 0.05) is 12.1 Å². The zero-order chi connectivity index (χ0) is 8.13. The molecule has 3 rings (SSSR count). The fourth-order valence-corrected chi connectivity index (χ4v) is 1.63. The fourth-order valence-electron chi connectivity index (χ4n) is 1.63. The van der Waals surface area contributed by atoms with Crippen LogP contribution in [0.15, 0.2) is 24.4 Å². The Morgan fingerprint density at radius 1 is 1.50 bits per heavy atom. The van der Waals surface area contributed by atoms with E-state index < -0.39 is 0 Å². The van der Waals surface area contributed by atoms with Crippen LogP contribution in [0.5, 0.6) is 0 Å². The first kappa shape index (κ1) is 6.20. The summed E-state index contributed by atoms with van der Waals surface area (Å²) in [7, 11) is 0. The molecule has 1 aliphatic carbocycles. The number of pyridine rings is 1. The third-order valence-corrected chi connectivity index (χ3v) is 2.31. The number of ether oxygens (including phenoxy) is 1. The Balaban J connectivity index is 2.26. The number of epoxide rings is 1. The van der Waals surface area contributed by atoms with E-state index in [4.69, 9.17) is 4.74 Å². The first-order valence-electron chi connectivity index (χ1n) is 3.92. The Morgan fingerprint density at radius 2 is 2.42 bits per heavy atom. The van der Waals surface area contributed by atoms with Crippen molar-refractivity contribution in [1.29, 1.82) is 0 Å². The van der Waals surface area contributed by atoms with Gasteiger partial charge in [-0.1, -0.05) is 0 Å². The molecule has 0 N–H and O–H groups in total. The summed E-state index contributed by atoms with van der Waals surface area (Å²) in [5.74, 6) is 0. The van der Waals surface area contributed by atoms with Crippen molar-refractivity contribution in [2.24, 2.45) is 0 Å². The highest BCUT2D eigenvalue weighted by Crippen LogP contribution is 2.43. The van der Waals surface area contributed by atoms with Gasteiger partial charge in [-0.25, -0.2) is 0 Å². The molecule has 1 aromatic rings. The maximum absolute atomic E-state index is 11.2. The van der Waals surface area contributed by atoms with Gasteiger partial charge in [-0.05, 0) is 12.1 Å². The van der Waals surface area contributed by atoms with E-state index in [1.54, 1.807) is 6.07 Å². The van der Waals surface area contributed by atoms with Gasteiger partial charge < -0.3 is 9.94 Å². The molecule has 12 heavy (non-hydrogen) atoms. The van der Waals surface area contributed by atoms with E-state index in [-0.39, 0.29) is 12.2 Å². The molecule has 0 radical (unpaired) electrons. The normalized spacial score (nSPS) is 29.3. The number of fused-ring (bicyclic) bond motifs is 3. The largest absolute Gasteiger partial charge is 0.618 e. The number of nitrogens with zero attached hydrogens (tertiary/aromatic N) is 1. The molecule has 0 unspecified atom stereocenters. The van der Waals surface area contributed by atoms with Gasteiger partial charge in [0.15, 0.2) is 6.20 Å². The lowest BCUT2D eigenvalue weighted by Gasteiger charge is -2.06. The van der Waals surface area contributed by atoms with E-state index in [9.17, 15) is 5.21 Å². The predicted molar refractivity (Wildman–Crippen MR) is 42.1 cm³/mol. The molecular formula is C9H7NO2. The van der Waals surface area contributed by atoms with Crippen LogP contribution in [0, 0.1) is 5.21 Å². The molecule has 3 heteroatoms. The Hall–Kier alpha value is -1.35. The molecule has 0 bridgehead atoms. The first-order valence-corrected chi connectivity index (χ1v) is 3.92. The monoisotopic (exact) mass is 161 g/mol. The molecule has 1 saturated heterocycles. The summed E-state index contributed by atoms with van der Waals surface area (Å²) < 4.78 is 6.20. The molecule has 2 heterocycles. The van der Waals surface area contributed by atoms with Crippen LogP contribution in [0.3, 0.4) is 0 Å². The highest BCUT2D eigenvalue weighted by molar-refractivity contribution is 5.54. The minimum atomic E-state index is 0.145. The van der Waals surface area contributed by atoms with Gasteiger partial charge >= 0.3 is 0 Å². The van der Waals surface area contributed by atoms with Crippen molar-refractivity contribution in [2.45, 2.75) is 12.2 Å². The number of hydrogen-bond donors (Lipinski definition) is 0. The van der Waals surface area contributed by atoms with Gasteiger partial charge in [0.05, 0.1) is 5.56 Å². The Bertz CT molecular complexity index is 373. The predicted octanol–water partition coefficient (Wildman–Crippen LogP) is 0.787. The molecule has 2 atom stereocenters. The van der Waals surface area contributed by atoms with Crippen molar-refractivity contribution in [1.82, 2.24) is 0 Å². The second-order valence-corrected chi connectivity index (χ2v) is 3.05. The Morgan fingerprint density at radius 3 is 3.33 bits per heavy atom. The third-order valence-electron chi connectivity index (χ3n) is 2.31. The van der Waals surface area contributed by atoms with Crippen LogP contribution < -0.4 is 4.73 Å². The molecule has 2 aliphatic rings. The van der Waals surface area contributed by atoms with Crippen LogP contribution in [0.1, 0.15) is 17.4 Å². The lowest BCUT2D eigenvalue weighted by molar-refractivity contribution is -0.608. The van der Waals surface area contributed by atoms with Crippen LogP contribution in [0.4, 0.5) is 0 Å². The molecule has 60 valence electrons. The summed E-state index contributed by atoms with van der Waals surface area (Å²) in [6, 6.07) is 3.70. The third kappa shape index (κ3) is 0.662. The molecular weight excluding hydrogens is 154 g/mol. The minimum Gasteiger partial charge on any atom is -0.618 e. The zero-order valence-corrected chi connectivity index (χ0v) is 6.31. The Kier molecular flexibility index (Phi) is 0.966. The molecule has 3 nitrogen and oxygen atoms in total. The average Bonchev–Trinajstić information content (AvgIpc) is 2.83. The van der Waals surface area contributed by atoms with E-state index in [2.05, 4.69) is 0 Å². The van der Waals surface area contributed by atoms with Crippen molar-refractivity contribution >= 4 is 6.08 Å². The summed E-state index contributed by atoms with van der Waals surface area (Å²) in [6.07, 6.45) is 5.63. The second-order valence-electron chi connectivity index (χ2n) is 3.05. The SMILES string of the molecule is [O-][n+]1cccc2c1C=C[C@H]1O[C@@H]21. The summed E-state index contributed by atoms with van der Waals surface area (Å²) in [5, 5.41) is 11.2. The number of rotatable bonds is 0. The van der Waals surface area contributed by atoms with E-state index >= 15 is 0 Å². The maximum atomic E-state index is 11.2. The smallest absolute Gasteiger partial charge is 0.222 e. The van der Waals surface area contributed by atoms with Gasteiger partial charge in [0.25, 0.3) is 0 Å². The topological polar surface area (TPSA) is 39.5 Å². The highest BCUT2D eigenvalue weighted by Gasteiger charge is 2.43. The molecule has 0 saturated carbocycles. The van der Waals surface area contributed by atoms with Gasteiger partial charge in [-0.3, -0.25) is 0 Å². The molecule has 1 aromatic heterocycles. The van der Waals surface area contributed by atoms with Gasteiger partial charge in [0.1, 0.15) is 12.2 Å². The highest BCUT2D eigenvalue weighted by atomic mass is 16.6. The van der Waals surface area contributed by atoms with Crippen LogP contribution in [-0.2, 0) is 4.74 Å². The van der Waals surface area contributed by atoms with Crippen molar-refractivity contribution in [3.05, 3.63) is 40.9 Å². The fraction of sp³-hybridized carbons (Fsp3) is 0.222. The summed E-state index contributed by atoms with van der Waals surface area (Å²) in [6.45, 7) is 0. The van der Waals surface area contributed by atoms with E-state index in [0.717, 1.165) is 16.0 Å². The zero-order valence-electron chi connectivity index (χ0n) is 6.31. The molecule has 1 fully saturated rings.